The first-order chi connectivity index (χ1) is 13.4. The fourth-order valence-electron chi connectivity index (χ4n) is 3.32. The number of carbonyl (C=O) groups is 1. The fourth-order valence-corrected chi connectivity index (χ4v) is 3.32. The molecule has 2 aromatic rings. The van der Waals surface area contributed by atoms with Crippen LogP contribution >= 0.6 is 0 Å². The van der Waals surface area contributed by atoms with Crippen molar-refractivity contribution in [3.8, 4) is 5.75 Å². The minimum absolute atomic E-state index is 0.00292. The number of aromatic hydroxyl groups is 1. The first kappa shape index (κ1) is 19.6. The topological polar surface area (TPSA) is 99.0 Å². The molecule has 0 unspecified atom stereocenters. The van der Waals surface area contributed by atoms with Crippen LogP contribution in [0.4, 0.5) is 17.1 Å². The Kier molecular flexibility index (Phi) is 6.10. The number of piperazine rings is 1. The van der Waals surface area contributed by atoms with Gasteiger partial charge < -0.3 is 15.3 Å². The second-order valence-corrected chi connectivity index (χ2v) is 6.85. The van der Waals surface area contributed by atoms with E-state index in [1.54, 1.807) is 31.2 Å². The van der Waals surface area contributed by atoms with E-state index < -0.39 is 4.92 Å². The number of nitrogens with one attached hydrogen (secondary N) is 1. The highest BCUT2D eigenvalue weighted by Gasteiger charge is 2.19. The number of benzene rings is 2. The van der Waals surface area contributed by atoms with Gasteiger partial charge in [-0.2, -0.15) is 0 Å². The summed E-state index contributed by atoms with van der Waals surface area (Å²) < 4.78 is 0. The molecule has 1 heterocycles. The predicted octanol–water partition coefficient (Wildman–Crippen LogP) is 2.76. The second-order valence-electron chi connectivity index (χ2n) is 6.85. The lowest BCUT2D eigenvalue weighted by Crippen LogP contribution is -2.47. The predicted molar refractivity (Wildman–Crippen MR) is 108 cm³/mol. The van der Waals surface area contributed by atoms with Gasteiger partial charge in [0.2, 0.25) is 5.91 Å². The van der Waals surface area contributed by atoms with Crippen LogP contribution in [0, 0.1) is 17.0 Å². The molecular weight excluding hydrogens is 360 g/mol. The Morgan fingerprint density at radius 1 is 1.14 bits per heavy atom. The van der Waals surface area contributed by atoms with Crippen molar-refractivity contribution in [2.24, 2.45) is 0 Å². The van der Waals surface area contributed by atoms with E-state index in [0.29, 0.717) is 24.2 Å². The number of carbonyl (C=O) groups excluding carboxylic acids is 1. The Balaban J connectivity index is 1.46. The number of phenols is 1. The number of hydrogen-bond acceptors (Lipinski definition) is 6. The Morgan fingerprint density at radius 3 is 2.46 bits per heavy atom. The summed E-state index contributed by atoms with van der Waals surface area (Å²) in [4.78, 5) is 27.3. The van der Waals surface area contributed by atoms with Crippen molar-refractivity contribution >= 4 is 23.0 Å². The average molecular weight is 384 g/mol. The van der Waals surface area contributed by atoms with Gasteiger partial charge in [0.15, 0.2) is 0 Å². The quantitative estimate of drug-likeness (QED) is 0.587. The van der Waals surface area contributed by atoms with Crippen molar-refractivity contribution < 1.29 is 14.8 Å². The van der Waals surface area contributed by atoms with Gasteiger partial charge in [-0.15, -0.1) is 0 Å². The minimum atomic E-state index is -0.446. The molecule has 0 aromatic heterocycles. The summed E-state index contributed by atoms with van der Waals surface area (Å²) in [6.45, 7) is 5.69. The molecule has 1 fully saturated rings. The Morgan fingerprint density at radius 2 is 1.82 bits per heavy atom. The highest BCUT2D eigenvalue weighted by molar-refractivity contribution is 5.92. The Labute approximate surface area is 163 Å². The molecule has 0 bridgehead atoms. The lowest BCUT2D eigenvalue weighted by Gasteiger charge is -2.36. The van der Waals surface area contributed by atoms with Gasteiger partial charge in [-0.25, -0.2) is 0 Å². The zero-order valence-electron chi connectivity index (χ0n) is 15.8. The zero-order valence-corrected chi connectivity index (χ0v) is 15.8. The number of amides is 1. The highest BCUT2D eigenvalue weighted by Crippen LogP contribution is 2.25. The molecule has 0 aliphatic carbocycles. The molecule has 0 saturated carbocycles. The van der Waals surface area contributed by atoms with E-state index in [0.717, 1.165) is 31.9 Å². The molecule has 3 rings (SSSR count). The number of nitro benzene ring substituents is 1. The number of nitrogens with zero attached hydrogens (tertiary/aromatic N) is 3. The first-order valence-electron chi connectivity index (χ1n) is 9.24. The highest BCUT2D eigenvalue weighted by atomic mass is 16.6. The van der Waals surface area contributed by atoms with Crippen molar-refractivity contribution in [3.05, 3.63) is 58.1 Å². The lowest BCUT2D eigenvalue weighted by atomic mass is 10.1. The van der Waals surface area contributed by atoms with E-state index >= 15 is 0 Å². The molecule has 0 radical (unpaired) electrons. The molecule has 8 nitrogen and oxygen atoms in total. The van der Waals surface area contributed by atoms with Crippen LogP contribution in [0.3, 0.4) is 0 Å². The number of anilines is 2. The molecule has 1 amide bonds. The molecule has 0 atom stereocenters. The Hall–Kier alpha value is -3.13. The molecule has 148 valence electrons. The van der Waals surface area contributed by atoms with Crippen LogP contribution < -0.4 is 10.2 Å². The van der Waals surface area contributed by atoms with Gasteiger partial charge in [0.1, 0.15) is 5.75 Å². The SMILES string of the molecule is Cc1c(NC(=O)CCN2CCN(c3ccc(O)cc3)CC2)cccc1[N+](=O)[O-]. The third-order valence-electron chi connectivity index (χ3n) is 5.02. The van der Waals surface area contributed by atoms with Gasteiger partial charge in [-0.05, 0) is 37.3 Å². The molecule has 1 aliphatic heterocycles. The molecule has 2 N–H and O–H groups in total. The summed E-state index contributed by atoms with van der Waals surface area (Å²) in [5, 5.41) is 23.2. The zero-order chi connectivity index (χ0) is 20.1. The molecule has 8 heteroatoms. The van der Waals surface area contributed by atoms with E-state index in [2.05, 4.69) is 15.1 Å². The molecular formula is C20H24N4O4. The second kappa shape index (κ2) is 8.71. The molecule has 0 spiro atoms. The van der Waals surface area contributed by atoms with Gasteiger partial charge in [-0.3, -0.25) is 19.8 Å². The molecule has 2 aromatic carbocycles. The van der Waals surface area contributed by atoms with Gasteiger partial charge in [0, 0.05) is 50.9 Å². The number of nitro groups is 1. The number of rotatable bonds is 6. The average Bonchev–Trinajstić information content (AvgIpc) is 2.69. The van der Waals surface area contributed by atoms with Crippen molar-refractivity contribution in [1.82, 2.24) is 4.90 Å². The number of hydrogen-bond donors (Lipinski definition) is 2. The van der Waals surface area contributed by atoms with Crippen molar-refractivity contribution in [1.29, 1.82) is 0 Å². The van der Waals surface area contributed by atoms with E-state index in [4.69, 9.17) is 0 Å². The van der Waals surface area contributed by atoms with Crippen molar-refractivity contribution in [3.63, 3.8) is 0 Å². The monoisotopic (exact) mass is 384 g/mol. The molecule has 28 heavy (non-hydrogen) atoms. The normalized spacial score (nSPS) is 14.7. The third kappa shape index (κ3) is 4.77. The van der Waals surface area contributed by atoms with Gasteiger partial charge in [-0.1, -0.05) is 6.07 Å². The summed E-state index contributed by atoms with van der Waals surface area (Å²) in [6, 6.07) is 11.8. The van der Waals surface area contributed by atoms with E-state index in [1.165, 1.54) is 6.07 Å². The van der Waals surface area contributed by atoms with Gasteiger partial charge >= 0.3 is 0 Å². The maximum absolute atomic E-state index is 12.3. The van der Waals surface area contributed by atoms with Crippen molar-refractivity contribution in [2.75, 3.05) is 42.9 Å². The van der Waals surface area contributed by atoms with Crippen LogP contribution in [0.25, 0.3) is 0 Å². The van der Waals surface area contributed by atoms with Crippen LogP contribution in [0.1, 0.15) is 12.0 Å². The van der Waals surface area contributed by atoms with Crippen LogP contribution in [-0.2, 0) is 4.79 Å². The van der Waals surface area contributed by atoms with Gasteiger partial charge in [0.25, 0.3) is 5.69 Å². The van der Waals surface area contributed by atoms with Crippen molar-refractivity contribution in [2.45, 2.75) is 13.3 Å². The van der Waals surface area contributed by atoms with E-state index in [9.17, 15) is 20.0 Å². The summed E-state index contributed by atoms with van der Waals surface area (Å²) >= 11 is 0. The standard InChI is InChI=1S/C20H24N4O4/c1-15-18(3-2-4-19(15)24(27)28)21-20(26)9-10-22-11-13-23(14-12-22)16-5-7-17(25)8-6-16/h2-8,25H,9-14H2,1H3,(H,21,26). The summed E-state index contributed by atoms with van der Waals surface area (Å²) in [7, 11) is 0. The maximum Gasteiger partial charge on any atom is 0.274 e. The lowest BCUT2D eigenvalue weighted by molar-refractivity contribution is -0.385. The van der Waals surface area contributed by atoms with Crippen LogP contribution in [-0.4, -0.2) is 53.6 Å². The third-order valence-corrected chi connectivity index (χ3v) is 5.02. The van der Waals surface area contributed by atoms with E-state index in [-0.39, 0.29) is 17.3 Å². The fraction of sp³-hybridized carbons (Fsp3) is 0.350. The number of phenolic OH excluding ortho intramolecular Hbond substituents is 1. The van der Waals surface area contributed by atoms with Crippen LogP contribution in [0.15, 0.2) is 42.5 Å². The van der Waals surface area contributed by atoms with Crippen LogP contribution in [0.5, 0.6) is 5.75 Å². The Bertz CT molecular complexity index is 846. The minimum Gasteiger partial charge on any atom is -0.508 e. The summed E-state index contributed by atoms with van der Waals surface area (Å²) in [5.74, 6) is 0.108. The molecule has 1 aliphatic rings. The maximum atomic E-state index is 12.3. The largest absolute Gasteiger partial charge is 0.508 e. The smallest absolute Gasteiger partial charge is 0.274 e. The van der Waals surface area contributed by atoms with Gasteiger partial charge in [0.05, 0.1) is 16.2 Å². The van der Waals surface area contributed by atoms with E-state index in [1.807, 2.05) is 12.1 Å². The van der Waals surface area contributed by atoms with Crippen LogP contribution in [0.2, 0.25) is 0 Å². The summed E-state index contributed by atoms with van der Waals surface area (Å²) in [6.07, 6.45) is 0.335. The molecule has 1 saturated heterocycles. The first-order valence-corrected chi connectivity index (χ1v) is 9.24. The summed E-state index contributed by atoms with van der Waals surface area (Å²) in [5.41, 5.74) is 2.03.